The molecule has 0 aliphatic heterocycles. The van der Waals surface area contributed by atoms with Crippen LogP contribution in [-0.2, 0) is 0 Å². The summed E-state index contributed by atoms with van der Waals surface area (Å²) in [6.07, 6.45) is -6.85. The summed E-state index contributed by atoms with van der Waals surface area (Å²) in [5.41, 5.74) is 0. The molecule has 9 heteroatoms. The first-order valence-electron chi connectivity index (χ1n) is 4.29. The van der Waals surface area contributed by atoms with Gasteiger partial charge in [0.2, 0.25) is 0 Å². The van der Waals surface area contributed by atoms with E-state index in [2.05, 4.69) is 6.58 Å². The Balaban J connectivity index is 5.35. The minimum atomic E-state index is -6.83. The highest BCUT2D eigenvalue weighted by Gasteiger charge is 2.81. The molecule has 0 amide bonds. The van der Waals surface area contributed by atoms with Crippen molar-refractivity contribution in [3.05, 3.63) is 24.8 Å². The lowest BCUT2D eigenvalue weighted by Gasteiger charge is -2.33. The highest BCUT2D eigenvalue weighted by molar-refractivity contribution is 5.06. The Kier molecular flexibility index (Phi) is 4.54. The zero-order valence-electron chi connectivity index (χ0n) is 8.55. The smallest absolute Gasteiger partial charge is 0.199 e. The molecule has 0 nitrogen and oxygen atoms in total. The normalized spacial score (nSPS) is 15.2. The molecule has 0 spiro atoms. The number of rotatable bonds is 5. The van der Waals surface area contributed by atoms with E-state index >= 15 is 0 Å². The third-order valence-corrected chi connectivity index (χ3v) is 1.86. The van der Waals surface area contributed by atoms with Gasteiger partial charge in [0, 0.05) is 6.42 Å². The zero-order chi connectivity index (χ0) is 14.8. The lowest BCUT2D eigenvalue weighted by atomic mass is 10.0. The highest BCUT2D eigenvalue weighted by Crippen LogP contribution is 2.54. The van der Waals surface area contributed by atoms with Crippen molar-refractivity contribution in [2.24, 2.45) is 0 Å². The van der Waals surface area contributed by atoms with Crippen molar-refractivity contribution in [2.75, 3.05) is 0 Å². The van der Waals surface area contributed by atoms with E-state index in [1.807, 2.05) is 0 Å². The second-order valence-corrected chi connectivity index (χ2v) is 3.22. The van der Waals surface area contributed by atoms with Crippen LogP contribution in [0.5, 0.6) is 0 Å². The van der Waals surface area contributed by atoms with Crippen LogP contribution in [0.15, 0.2) is 24.8 Å². The predicted octanol–water partition coefficient (Wildman–Crippen LogP) is 4.59. The Morgan fingerprint density at radius 2 is 1.22 bits per heavy atom. The summed E-state index contributed by atoms with van der Waals surface area (Å²) < 4.78 is 110. The maximum atomic E-state index is 12.7. The molecule has 0 heterocycles. The Morgan fingerprint density at radius 3 is 1.56 bits per heavy atom. The lowest BCUT2D eigenvalue weighted by molar-refractivity contribution is -0.395. The van der Waals surface area contributed by atoms with Gasteiger partial charge in [0.25, 0.3) is 0 Å². The number of alkyl halides is 9. The molecule has 0 aliphatic carbocycles. The fourth-order valence-electron chi connectivity index (χ4n) is 0.848. The molecule has 0 bridgehead atoms. The van der Waals surface area contributed by atoms with Crippen LogP contribution in [0.2, 0.25) is 0 Å². The third kappa shape index (κ3) is 2.81. The van der Waals surface area contributed by atoms with Crippen molar-refractivity contribution >= 4 is 0 Å². The summed E-state index contributed by atoms with van der Waals surface area (Å²) in [7, 11) is 0. The second kappa shape index (κ2) is 4.85. The van der Waals surface area contributed by atoms with E-state index in [9.17, 15) is 39.5 Å². The van der Waals surface area contributed by atoms with Crippen LogP contribution in [0.25, 0.3) is 0 Å². The van der Waals surface area contributed by atoms with Gasteiger partial charge in [-0.1, -0.05) is 24.8 Å². The molecule has 0 aliphatic rings. The summed E-state index contributed by atoms with van der Waals surface area (Å²) in [5, 5.41) is 0. The molecule has 0 rings (SSSR count). The topological polar surface area (TPSA) is 0 Å². The first-order valence-corrected chi connectivity index (χ1v) is 4.29. The van der Waals surface area contributed by atoms with Gasteiger partial charge >= 0.3 is 23.9 Å². The predicted molar refractivity (Wildman–Crippen MR) is 44.9 cm³/mol. The average molecular weight is 286 g/mol. The van der Waals surface area contributed by atoms with E-state index in [0.29, 0.717) is 6.08 Å². The van der Waals surface area contributed by atoms with Crippen molar-refractivity contribution in [3.63, 3.8) is 0 Å². The van der Waals surface area contributed by atoms with Gasteiger partial charge in [-0.15, -0.1) is 0 Å². The minimum Gasteiger partial charge on any atom is -0.199 e. The molecule has 0 aromatic heterocycles. The van der Waals surface area contributed by atoms with Crippen LogP contribution in [0.1, 0.15) is 6.42 Å². The van der Waals surface area contributed by atoms with Gasteiger partial charge in [-0.05, 0) is 0 Å². The standard InChI is InChI=1S/C9H7F9/c1-2-3-4-5-6(10,11)7(12,13)8(14,15)9(16,17)18/h2-4H,1,5H2/b4-3-. The van der Waals surface area contributed by atoms with E-state index < -0.39 is 30.4 Å². The number of hydrogen-bond donors (Lipinski definition) is 0. The van der Waals surface area contributed by atoms with Crippen molar-refractivity contribution in [2.45, 2.75) is 30.4 Å². The summed E-state index contributed by atoms with van der Waals surface area (Å²) in [4.78, 5) is 0. The molecule has 0 fully saturated rings. The van der Waals surface area contributed by atoms with E-state index in [4.69, 9.17) is 0 Å². The van der Waals surface area contributed by atoms with Gasteiger partial charge in [0.15, 0.2) is 0 Å². The van der Waals surface area contributed by atoms with E-state index in [0.717, 1.165) is 12.2 Å². The molecule has 0 radical (unpaired) electrons. The van der Waals surface area contributed by atoms with Gasteiger partial charge in [0.05, 0.1) is 0 Å². The lowest BCUT2D eigenvalue weighted by Crippen LogP contribution is -2.60. The maximum Gasteiger partial charge on any atom is 0.460 e. The summed E-state index contributed by atoms with van der Waals surface area (Å²) in [5.74, 6) is -18.9. The van der Waals surface area contributed by atoms with Crippen LogP contribution in [0, 0.1) is 0 Å². The number of allylic oxidation sites excluding steroid dienone is 3. The van der Waals surface area contributed by atoms with Crippen LogP contribution in [0.4, 0.5) is 39.5 Å². The van der Waals surface area contributed by atoms with E-state index in [-0.39, 0.29) is 0 Å². The van der Waals surface area contributed by atoms with Gasteiger partial charge < -0.3 is 0 Å². The Bertz CT molecular complexity index is 323. The summed E-state index contributed by atoms with van der Waals surface area (Å²) in [6, 6.07) is 0. The Labute approximate surface area is 95.8 Å². The highest BCUT2D eigenvalue weighted by atomic mass is 19.4. The van der Waals surface area contributed by atoms with Crippen LogP contribution in [-0.4, -0.2) is 23.9 Å². The molecular formula is C9H7F9. The van der Waals surface area contributed by atoms with E-state index in [1.165, 1.54) is 0 Å². The van der Waals surface area contributed by atoms with Crippen LogP contribution < -0.4 is 0 Å². The number of halogens is 9. The average Bonchev–Trinajstić information content (AvgIpc) is 2.15. The molecule has 0 unspecified atom stereocenters. The van der Waals surface area contributed by atoms with Gasteiger partial charge in [0.1, 0.15) is 0 Å². The zero-order valence-corrected chi connectivity index (χ0v) is 8.55. The Morgan fingerprint density at radius 1 is 0.778 bits per heavy atom. The Hall–Kier alpha value is -1.15. The molecule has 0 aromatic rings. The summed E-state index contributed by atoms with van der Waals surface area (Å²) in [6.45, 7) is 2.98. The fraction of sp³-hybridized carbons (Fsp3) is 0.556. The van der Waals surface area contributed by atoms with Gasteiger partial charge in [-0.3, -0.25) is 0 Å². The van der Waals surface area contributed by atoms with Crippen molar-refractivity contribution in [1.82, 2.24) is 0 Å². The quantitative estimate of drug-likeness (QED) is 0.512. The molecule has 18 heavy (non-hydrogen) atoms. The van der Waals surface area contributed by atoms with E-state index in [1.54, 1.807) is 0 Å². The van der Waals surface area contributed by atoms with Crippen LogP contribution in [0.3, 0.4) is 0 Å². The second-order valence-electron chi connectivity index (χ2n) is 3.22. The van der Waals surface area contributed by atoms with Crippen molar-refractivity contribution in [3.8, 4) is 0 Å². The minimum absolute atomic E-state index is 0.313. The summed E-state index contributed by atoms with van der Waals surface area (Å²) >= 11 is 0. The monoisotopic (exact) mass is 286 g/mol. The van der Waals surface area contributed by atoms with Gasteiger partial charge in [-0.25, -0.2) is 0 Å². The van der Waals surface area contributed by atoms with Crippen molar-refractivity contribution in [1.29, 1.82) is 0 Å². The molecule has 0 atom stereocenters. The molecular weight excluding hydrogens is 279 g/mol. The van der Waals surface area contributed by atoms with Crippen LogP contribution >= 0.6 is 0 Å². The molecule has 0 aromatic carbocycles. The number of hydrogen-bond acceptors (Lipinski definition) is 0. The first-order chi connectivity index (χ1) is 7.81. The largest absolute Gasteiger partial charge is 0.460 e. The molecule has 106 valence electrons. The maximum absolute atomic E-state index is 12.7. The molecule has 0 saturated carbocycles. The molecule has 0 N–H and O–H groups in total. The SMILES string of the molecule is C=C/C=C\CC(F)(F)C(F)(F)C(F)(F)C(F)(F)F. The fourth-order valence-corrected chi connectivity index (χ4v) is 0.848. The third-order valence-electron chi connectivity index (χ3n) is 1.86. The van der Waals surface area contributed by atoms with Crippen molar-refractivity contribution < 1.29 is 39.5 Å². The molecule has 0 saturated heterocycles. The first kappa shape index (κ1) is 16.8. The van der Waals surface area contributed by atoms with Gasteiger partial charge in [-0.2, -0.15) is 39.5 Å².